The van der Waals surface area contributed by atoms with Crippen molar-refractivity contribution in [3.63, 3.8) is 0 Å². The van der Waals surface area contributed by atoms with Gasteiger partial charge in [0.15, 0.2) is 0 Å². The van der Waals surface area contributed by atoms with Gasteiger partial charge in [-0.05, 0) is 49.1 Å². The van der Waals surface area contributed by atoms with Gasteiger partial charge >= 0.3 is 0 Å². The Morgan fingerprint density at radius 3 is 2.68 bits per heavy atom. The highest BCUT2D eigenvalue weighted by molar-refractivity contribution is 6.30. The summed E-state index contributed by atoms with van der Waals surface area (Å²) in [6.07, 6.45) is 7.48. The molecule has 1 amide bonds. The van der Waals surface area contributed by atoms with Crippen molar-refractivity contribution in [2.75, 3.05) is 24.5 Å². The molecule has 2 aromatic rings. The SMILES string of the molecule is O=C(NCCc1cccc(Cl)c1)c1cc(N2CCCCCC2)ccn1. The number of pyridine rings is 1. The molecule has 0 bridgehead atoms. The zero-order valence-electron chi connectivity index (χ0n) is 14.4. The molecule has 0 spiro atoms. The minimum atomic E-state index is -0.126. The quantitative estimate of drug-likeness (QED) is 0.876. The maximum absolute atomic E-state index is 12.4. The third-order valence-electron chi connectivity index (χ3n) is 4.54. The van der Waals surface area contributed by atoms with E-state index in [0.29, 0.717) is 12.2 Å². The first kappa shape index (κ1) is 17.7. The van der Waals surface area contributed by atoms with Gasteiger partial charge in [0.2, 0.25) is 0 Å². The molecule has 1 fully saturated rings. The Balaban J connectivity index is 1.57. The fraction of sp³-hybridized carbons (Fsp3) is 0.400. The van der Waals surface area contributed by atoms with E-state index in [0.717, 1.165) is 35.8 Å². The van der Waals surface area contributed by atoms with Gasteiger partial charge < -0.3 is 10.2 Å². The van der Waals surface area contributed by atoms with E-state index < -0.39 is 0 Å². The number of carbonyl (C=O) groups is 1. The Morgan fingerprint density at radius 1 is 1.12 bits per heavy atom. The molecule has 132 valence electrons. The van der Waals surface area contributed by atoms with Crippen molar-refractivity contribution >= 4 is 23.2 Å². The topological polar surface area (TPSA) is 45.2 Å². The van der Waals surface area contributed by atoms with Crippen LogP contribution in [0.15, 0.2) is 42.6 Å². The summed E-state index contributed by atoms with van der Waals surface area (Å²) in [5.74, 6) is -0.126. The van der Waals surface area contributed by atoms with E-state index in [2.05, 4.69) is 15.2 Å². The van der Waals surface area contributed by atoms with Gasteiger partial charge in [-0.3, -0.25) is 9.78 Å². The molecule has 1 saturated heterocycles. The van der Waals surface area contributed by atoms with Crippen LogP contribution in [0.3, 0.4) is 0 Å². The van der Waals surface area contributed by atoms with Gasteiger partial charge in [-0.2, -0.15) is 0 Å². The summed E-state index contributed by atoms with van der Waals surface area (Å²) in [6, 6.07) is 11.6. The standard InChI is InChI=1S/C20H24ClN3O/c21-17-7-5-6-16(14-17)8-10-23-20(25)19-15-18(9-11-22-19)24-12-3-1-2-4-13-24/h5-7,9,11,14-15H,1-4,8,10,12-13H2,(H,23,25). The number of nitrogens with one attached hydrogen (secondary N) is 1. The third kappa shape index (κ3) is 5.20. The van der Waals surface area contributed by atoms with Crippen LogP contribution in [0.2, 0.25) is 5.02 Å². The smallest absolute Gasteiger partial charge is 0.269 e. The Morgan fingerprint density at radius 2 is 1.92 bits per heavy atom. The second-order valence-corrected chi connectivity index (χ2v) is 6.87. The van der Waals surface area contributed by atoms with Gasteiger partial charge in [0.05, 0.1) is 0 Å². The summed E-state index contributed by atoms with van der Waals surface area (Å²) >= 11 is 5.98. The van der Waals surface area contributed by atoms with Gasteiger partial charge in [-0.25, -0.2) is 0 Å². The predicted molar refractivity (Wildman–Crippen MR) is 102 cm³/mol. The Labute approximate surface area is 154 Å². The second-order valence-electron chi connectivity index (χ2n) is 6.44. The van der Waals surface area contributed by atoms with Crippen molar-refractivity contribution in [3.05, 3.63) is 58.9 Å². The number of anilines is 1. The number of halogens is 1. The van der Waals surface area contributed by atoms with Crippen molar-refractivity contribution in [2.45, 2.75) is 32.1 Å². The first-order chi connectivity index (χ1) is 12.2. The van der Waals surface area contributed by atoms with E-state index in [1.165, 1.54) is 25.7 Å². The van der Waals surface area contributed by atoms with E-state index in [4.69, 9.17) is 11.6 Å². The number of aromatic nitrogens is 1. The summed E-state index contributed by atoms with van der Waals surface area (Å²) in [5.41, 5.74) is 2.68. The average molecular weight is 358 g/mol. The minimum Gasteiger partial charge on any atom is -0.371 e. The molecule has 4 nitrogen and oxygen atoms in total. The molecular formula is C20H24ClN3O. The van der Waals surface area contributed by atoms with Gasteiger partial charge in [0.25, 0.3) is 5.91 Å². The highest BCUT2D eigenvalue weighted by atomic mass is 35.5. The van der Waals surface area contributed by atoms with Crippen molar-refractivity contribution in [2.24, 2.45) is 0 Å². The molecule has 0 saturated carbocycles. The van der Waals surface area contributed by atoms with Gasteiger partial charge in [-0.15, -0.1) is 0 Å². The molecule has 0 radical (unpaired) electrons. The third-order valence-corrected chi connectivity index (χ3v) is 4.77. The number of hydrogen-bond donors (Lipinski definition) is 1. The first-order valence-corrected chi connectivity index (χ1v) is 9.34. The van der Waals surface area contributed by atoms with E-state index in [9.17, 15) is 4.79 Å². The van der Waals surface area contributed by atoms with Crippen molar-refractivity contribution in [1.29, 1.82) is 0 Å². The number of rotatable bonds is 5. The van der Waals surface area contributed by atoms with Crippen molar-refractivity contribution < 1.29 is 4.79 Å². The Kier molecular flexibility index (Phi) is 6.29. The average Bonchev–Trinajstić information content (AvgIpc) is 2.91. The Bertz CT molecular complexity index is 712. The number of benzene rings is 1. The zero-order valence-corrected chi connectivity index (χ0v) is 15.1. The van der Waals surface area contributed by atoms with E-state index in [1.54, 1.807) is 6.20 Å². The molecule has 1 N–H and O–H groups in total. The van der Waals surface area contributed by atoms with Crippen LogP contribution >= 0.6 is 11.6 Å². The molecule has 0 atom stereocenters. The number of carbonyl (C=O) groups excluding carboxylic acids is 1. The molecule has 1 aromatic heterocycles. The van der Waals surface area contributed by atoms with Crippen LogP contribution in [0.25, 0.3) is 0 Å². The number of amides is 1. The summed E-state index contributed by atoms with van der Waals surface area (Å²) in [4.78, 5) is 19.0. The first-order valence-electron chi connectivity index (χ1n) is 8.96. The molecule has 1 aliphatic heterocycles. The molecule has 2 heterocycles. The summed E-state index contributed by atoms with van der Waals surface area (Å²) in [6.45, 7) is 2.68. The predicted octanol–water partition coefficient (Wildman–Crippen LogP) is 4.09. The van der Waals surface area contributed by atoms with Crippen molar-refractivity contribution in [1.82, 2.24) is 10.3 Å². The Hall–Kier alpha value is -2.07. The fourth-order valence-electron chi connectivity index (χ4n) is 3.17. The normalized spacial score (nSPS) is 14.8. The summed E-state index contributed by atoms with van der Waals surface area (Å²) < 4.78 is 0. The van der Waals surface area contributed by atoms with E-state index in [-0.39, 0.29) is 5.91 Å². The van der Waals surface area contributed by atoms with E-state index in [1.807, 2.05) is 36.4 Å². The lowest BCUT2D eigenvalue weighted by atomic mass is 10.1. The van der Waals surface area contributed by atoms with Crippen LogP contribution in [0, 0.1) is 0 Å². The lowest BCUT2D eigenvalue weighted by molar-refractivity contribution is 0.0949. The molecule has 1 aliphatic rings. The molecule has 0 aliphatic carbocycles. The zero-order chi connectivity index (χ0) is 17.5. The monoisotopic (exact) mass is 357 g/mol. The van der Waals surface area contributed by atoms with Gasteiger partial charge in [0, 0.05) is 36.5 Å². The molecule has 25 heavy (non-hydrogen) atoms. The molecule has 0 unspecified atom stereocenters. The summed E-state index contributed by atoms with van der Waals surface area (Å²) in [7, 11) is 0. The lowest BCUT2D eigenvalue weighted by Gasteiger charge is -2.22. The molecule has 5 heteroatoms. The second kappa shape index (κ2) is 8.86. The minimum absolute atomic E-state index is 0.126. The summed E-state index contributed by atoms with van der Waals surface area (Å²) in [5, 5.41) is 3.66. The van der Waals surface area contributed by atoms with Crippen LogP contribution in [-0.4, -0.2) is 30.5 Å². The lowest BCUT2D eigenvalue weighted by Crippen LogP contribution is -2.28. The van der Waals surface area contributed by atoms with Crippen LogP contribution in [-0.2, 0) is 6.42 Å². The largest absolute Gasteiger partial charge is 0.371 e. The van der Waals surface area contributed by atoms with Crippen molar-refractivity contribution in [3.8, 4) is 0 Å². The maximum atomic E-state index is 12.4. The van der Waals surface area contributed by atoms with Crippen LogP contribution in [0.4, 0.5) is 5.69 Å². The number of nitrogens with zero attached hydrogens (tertiary/aromatic N) is 2. The highest BCUT2D eigenvalue weighted by Gasteiger charge is 2.13. The van der Waals surface area contributed by atoms with Crippen LogP contribution in [0.5, 0.6) is 0 Å². The fourth-order valence-corrected chi connectivity index (χ4v) is 3.39. The highest BCUT2D eigenvalue weighted by Crippen LogP contribution is 2.19. The molecule has 1 aromatic carbocycles. The van der Waals surface area contributed by atoms with E-state index >= 15 is 0 Å². The van der Waals surface area contributed by atoms with Gasteiger partial charge in [-0.1, -0.05) is 36.6 Å². The van der Waals surface area contributed by atoms with Gasteiger partial charge in [0.1, 0.15) is 5.69 Å². The van der Waals surface area contributed by atoms with Crippen LogP contribution in [0.1, 0.15) is 41.7 Å². The maximum Gasteiger partial charge on any atom is 0.269 e. The number of hydrogen-bond acceptors (Lipinski definition) is 3. The molecule has 3 rings (SSSR count). The van der Waals surface area contributed by atoms with Crippen LogP contribution < -0.4 is 10.2 Å². The molecular weight excluding hydrogens is 334 g/mol.